The molecule has 2 fully saturated rings. The van der Waals surface area contributed by atoms with E-state index in [0.29, 0.717) is 25.9 Å². The van der Waals surface area contributed by atoms with Crippen LogP contribution in [0.4, 0.5) is 4.39 Å². The number of hydrogen-bond acceptors (Lipinski definition) is 4. The highest BCUT2D eigenvalue weighted by Gasteiger charge is 2.41. The van der Waals surface area contributed by atoms with Crippen molar-refractivity contribution in [2.75, 3.05) is 13.1 Å². The third-order valence-corrected chi connectivity index (χ3v) is 6.39. The molecule has 1 N–H and O–H groups in total. The Morgan fingerprint density at radius 1 is 1.15 bits per heavy atom. The largest absolute Gasteiger partial charge is 0.481 e. The van der Waals surface area contributed by atoms with Gasteiger partial charge in [0.15, 0.2) is 6.10 Å². The molecule has 2 unspecified atom stereocenters. The normalized spacial score (nSPS) is 33.7. The molecule has 2 aliphatic carbocycles. The topological polar surface area (TPSA) is 79.2 Å². The van der Waals surface area contributed by atoms with Crippen LogP contribution in [0.15, 0.2) is 29.2 Å². The summed E-state index contributed by atoms with van der Waals surface area (Å²) in [5.74, 6) is -1.91. The second kappa shape index (κ2) is 7.44. The van der Waals surface area contributed by atoms with Crippen LogP contribution in [0.1, 0.15) is 38.5 Å². The van der Waals surface area contributed by atoms with Gasteiger partial charge in [0.2, 0.25) is 5.91 Å². The quantitative estimate of drug-likeness (QED) is 0.821. The molecule has 1 amide bonds. The van der Waals surface area contributed by atoms with Gasteiger partial charge in [-0.25, -0.2) is 4.39 Å². The van der Waals surface area contributed by atoms with Crippen molar-refractivity contribution in [3.63, 3.8) is 0 Å². The van der Waals surface area contributed by atoms with Crippen molar-refractivity contribution in [1.29, 1.82) is 0 Å². The Morgan fingerprint density at radius 3 is 2.56 bits per heavy atom. The van der Waals surface area contributed by atoms with Gasteiger partial charge in [0.1, 0.15) is 5.83 Å². The lowest BCUT2D eigenvalue weighted by atomic mass is 9.77. The van der Waals surface area contributed by atoms with E-state index in [1.165, 1.54) is 12.2 Å². The maximum Gasteiger partial charge on any atom is 0.307 e. The van der Waals surface area contributed by atoms with Gasteiger partial charge >= 0.3 is 5.97 Å². The third kappa shape index (κ3) is 3.51. The van der Waals surface area contributed by atoms with Crippen molar-refractivity contribution in [3.8, 4) is 0 Å². The summed E-state index contributed by atoms with van der Waals surface area (Å²) in [7, 11) is 0. The minimum atomic E-state index is -0.851. The smallest absolute Gasteiger partial charge is 0.307 e. The van der Waals surface area contributed by atoms with E-state index in [9.17, 15) is 19.1 Å². The highest BCUT2D eigenvalue weighted by Crippen LogP contribution is 2.36. The summed E-state index contributed by atoms with van der Waals surface area (Å²) >= 11 is 0. The number of carboxylic acids is 1. The minimum absolute atomic E-state index is 0.00870. The molecule has 1 saturated carbocycles. The first-order chi connectivity index (χ1) is 13.0. The zero-order chi connectivity index (χ0) is 19.0. The third-order valence-electron chi connectivity index (χ3n) is 6.39. The summed E-state index contributed by atoms with van der Waals surface area (Å²) in [6.07, 6.45) is 8.99. The number of piperidine rings is 1. The highest BCUT2D eigenvalue weighted by molar-refractivity contribution is 5.92. The number of hydrogen-bond donors (Lipinski definition) is 1. The second-order valence-corrected chi connectivity index (χ2v) is 7.96. The van der Waals surface area contributed by atoms with Crippen molar-refractivity contribution < 1.29 is 23.9 Å². The van der Waals surface area contributed by atoms with Crippen molar-refractivity contribution in [1.82, 2.24) is 4.90 Å². The zero-order valence-corrected chi connectivity index (χ0v) is 15.2. The molecule has 0 aromatic rings. The standard InChI is InChI=1S/C20H25FN2O4/c21-13-5-6-16-17(11-13)27-22-18(16)12-7-9-23(10-8-12)19(24)14-3-1-2-4-15(14)20(25)26/h5-6,11-12,14-17H,1-4,7-10H2,(H,25,26)/t14-,15-,16?,17?/m1/s1. The number of carbonyl (C=O) groups is 2. The van der Waals surface area contributed by atoms with Crippen LogP contribution in [0, 0.1) is 23.7 Å². The summed E-state index contributed by atoms with van der Waals surface area (Å²) in [6.45, 7) is 1.22. The highest BCUT2D eigenvalue weighted by atomic mass is 19.1. The summed E-state index contributed by atoms with van der Waals surface area (Å²) < 4.78 is 13.4. The Kier molecular flexibility index (Phi) is 5.02. The Labute approximate surface area is 157 Å². The molecule has 4 rings (SSSR count). The van der Waals surface area contributed by atoms with Crippen LogP contribution < -0.4 is 0 Å². The number of allylic oxidation sites excluding steroid dienone is 2. The molecule has 4 atom stereocenters. The molecule has 27 heavy (non-hydrogen) atoms. The SMILES string of the molecule is O=C(O)[C@@H]1CCCC[C@H]1C(=O)N1CCC(C2=NOC3C=C(F)C=CC23)CC1. The molecule has 0 bridgehead atoms. The number of rotatable bonds is 3. The number of likely N-dealkylation sites (tertiary alicyclic amines) is 1. The van der Waals surface area contributed by atoms with E-state index in [4.69, 9.17) is 4.84 Å². The van der Waals surface area contributed by atoms with E-state index in [1.54, 1.807) is 0 Å². The van der Waals surface area contributed by atoms with Gasteiger partial charge in [0.05, 0.1) is 23.5 Å². The van der Waals surface area contributed by atoms with Gasteiger partial charge < -0.3 is 14.8 Å². The van der Waals surface area contributed by atoms with Crippen LogP contribution in [-0.4, -0.2) is 46.8 Å². The van der Waals surface area contributed by atoms with Crippen LogP contribution >= 0.6 is 0 Å². The molecule has 6 nitrogen and oxygen atoms in total. The Bertz CT molecular complexity index is 709. The van der Waals surface area contributed by atoms with E-state index >= 15 is 0 Å². The summed E-state index contributed by atoms with van der Waals surface area (Å²) in [6, 6.07) is 0. The number of carbonyl (C=O) groups excluding carboxylic acids is 1. The predicted octanol–water partition coefficient (Wildman–Crippen LogP) is 2.91. The van der Waals surface area contributed by atoms with Gasteiger partial charge in [0, 0.05) is 19.0 Å². The summed E-state index contributed by atoms with van der Waals surface area (Å²) in [5, 5.41) is 13.6. The molecule has 1 saturated heterocycles. The van der Waals surface area contributed by atoms with Crippen molar-refractivity contribution in [3.05, 3.63) is 24.1 Å². The maximum absolute atomic E-state index is 13.4. The Morgan fingerprint density at radius 2 is 1.85 bits per heavy atom. The number of halogens is 1. The van der Waals surface area contributed by atoms with E-state index in [-0.39, 0.29) is 29.7 Å². The molecular formula is C20H25FN2O4. The van der Waals surface area contributed by atoms with Gasteiger partial charge in [-0.3, -0.25) is 9.59 Å². The van der Waals surface area contributed by atoms with Crippen LogP contribution in [0.3, 0.4) is 0 Å². The van der Waals surface area contributed by atoms with Crippen LogP contribution in [0.5, 0.6) is 0 Å². The van der Waals surface area contributed by atoms with Crippen LogP contribution in [-0.2, 0) is 14.4 Å². The van der Waals surface area contributed by atoms with Crippen molar-refractivity contribution in [2.45, 2.75) is 44.6 Å². The molecule has 146 valence electrons. The van der Waals surface area contributed by atoms with Gasteiger partial charge in [-0.1, -0.05) is 24.1 Å². The van der Waals surface area contributed by atoms with Crippen LogP contribution in [0.2, 0.25) is 0 Å². The monoisotopic (exact) mass is 376 g/mol. The minimum Gasteiger partial charge on any atom is -0.481 e. The number of nitrogens with zero attached hydrogens (tertiary/aromatic N) is 2. The molecule has 2 aliphatic heterocycles. The van der Waals surface area contributed by atoms with Crippen molar-refractivity contribution in [2.24, 2.45) is 28.8 Å². The van der Waals surface area contributed by atoms with Crippen LogP contribution in [0.25, 0.3) is 0 Å². The molecule has 0 radical (unpaired) electrons. The molecule has 0 aromatic heterocycles. The lowest BCUT2D eigenvalue weighted by Crippen LogP contribution is -2.47. The zero-order valence-electron chi connectivity index (χ0n) is 15.2. The molecule has 7 heteroatoms. The average Bonchev–Trinajstić information content (AvgIpc) is 3.10. The van der Waals surface area contributed by atoms with Gasteiger partial charge in [-0.05, 0) is 37.8 Å². The van der Waals surface area contributed by atoms with E-state index < -0.39 is 17.8 Å². The van der Waals surface area contributed by atoms with Gasteiger partial charge in [-0.2, -0.15) is 0 Å². The first-order valence-electron chi connectivity index (χ1n) is 9.85. The van der Waals surface area contributed by atoms with Gasteiger partial charge in [0.25, 0.3) is 0 Å². The average molecular weight is 376 g/mol. The number of amides is 1. The Balaban J connectivity index is 1.36. The van der Waals surface area contributed by atoms with E-state index in [1.807, 2.05) is 11.0 Å². The maximum atomic E-state index is 13.4. The lowest BCUT2D eigenvalue weighted by molar-refractivity contribution is -0.152. The number of carboxylic acid groups (broad SMARTS) is 1. The molecule has 2 heterocycles. The molecule has 0 spiro atoms. The van der Waals surface area contributed by atoms with Crippen molar-refractivity contribution >= 4 is 17.6 Å². The molecule has 0 aromatic carbocycles. The molecule has 4 aliphatic rings. The summed E-state index contributed by atoms with van der Waals surface area (Å²) in [4.78, 5) is 31.6. The van der Waals surface area contributed by atoms with E-state index in [2.05, 4.69) is 5.16 Å². The number of aliphatic carboxylic acids is 1. The second-order valence-electron chi connectivity index (χ2n) is 7.96. The molecular weight excluding hydrogens is 351 g/mol. The number of fused-ring (bicyclic) bond motifs is 1. The van der Waals surface area contributed by atoms with E-state index in [0.717, 1.165) is 31.4 Å². The fourth-order valence-corrected chi connectivity index (χ4v) is 4.87. The van der Waals surface area contributed by atoms with Gasteiger partial charge in [-0.15, -0.1) is 0 Å². The Hall–Kier alpha value is -2.18. The number of oxime groups is 1. The first kappa shape index (κ1) is 18.2. The fourth-order valence-electron chi connectivity index (χ4n) is 4.87. The predicted molar refractivity (Wildman–Crippen MR) is 96.5 cm³/mol. The summed E-state index contributed by atoms with van der Waals surface area (Å²) in [5.41, 5.74) is 0.938. The first-order valence-corrected chi connectivity index (χ1v) is 9.85. The fraction of sp³-hybridized carbons (Fsp3) is 0.650. The lowest BCUT2D eigenvalue weighted by Gasteiger charge is -2.37.